The summed E-state index contributed by atoms with van der Waals surface area (Å²) in [6, 6.07) is 12.5. The summed E-state index contributed by atoms with van der Waals surface area (Å²) in [7, 11) is 1.95. The minimum absolute atomic E-state index is 0.0232. The number of aldehydes is 1. The van der Waals surface area contributed by atoms with Gasteiger partial charge >= 0.3 is 0 Å². The lowest BCUT2D eigenvalue weighted by Crippen LogP contribution is -2.40. The molecule has 1 atom stereocenters. The molecule has 0 saturated carbocycles. The molecule has 1 saturated heterocycles. The highest BCUT2D eigenvalue weighted by Crippen LogP contribution is 2.29. The first-order chi connectivity index (χ1) is 19.6. The van der Waals surface area contributed by atoms with E-state index in [0.717, 1.165) is 67.3 Å². The number of hydrogen-bond acceptors (Lipinski definition) is 8. The highest BCUT2D eigenvalue weighted by atomic mass is 16.5. The first kappa shape index (κ1) is 29.7. The number of hydrogen-bond donors (Lipinski definition) is 2. The monoisotopic (exact) mass is 549 g/mol. The Balaban J connectivity index is 1.59. The van der Waals surface area contributed by atoms with Crippen molar-refractivity contribution >= 4 is 28.7 Å². The van der Waals surface area contributed by atoms with Crippen LogP contribution in [0, 0.1) is 0 Å². The molecule has 4 rings (SSSR count). The molecule has 1 aliphatic heterocycles. The molecule has 1 fully saturated rings. The van der Waals surface area contributed by atoms with Gasteiger partial charge in [0.2, 0.25) is 0 Å². The van der Waals surface area contributed by atoms with E-state index in [2.05, 4.69) is 51.7 Å². The largest absolute Gasteiger partial charge is 0.378 e. The lowest BCUT2D eigenvalue weighted by Gasteiger charge is -2.29. The van der Waals surface area contributed by atoms with Gasteiger partial charge in [0, 0.05) is 56.0 Å². The van der Waals surface area contributed by atoms with E-state index in [1.165, 1.54) is 0 Å². The van der Waals surface area contributed by atoms with Gasteiger partial charge in [-0.25, -0.2) is 4.98 Å². The average molecular weight is 550 g/mol. The van der Waals surface area contributed by atoms with Gasteiger partial charge in [-0.1, -0.05) is 30.7 Å². The summed E-state index contributed by atoms with van der Waals surface area (Å²) < 4.78 is 13.2. The Labute approximate surface area is 236 Å². The van der Waals surface area contributed by atoms with Crippen LogP contribution in [0.4, 0.5) is 11.4 Å². The van der Waals surface area contributed by atoms with Crippen molar-refractivity contribution in [2.75, 3.05) is 56.7 Å². The number of carbonyl (C=O) groups is 1. The highest BCUT2D eigenvalue weighted by Gasteiger charge is 2.20. The Hall–Kier alpha value is -3.27. The molecular formula is C31H43N5O4. The minimum atomic E-state index is -0.0232. The summed E-state index contributed by atoms with van der Waals surface area (Å²) in [6.07, 6.45) is 6.79. The van der Waals surface area contributed by atoms with Crippen LogP contribution in [0.15, 0.2) is 47.4 Å². The highest BCUT2D eigenvalue weighted by molar-refractivity contribution is 5.91. The molecule has 2 aromatic heterocycles. The quantitative estimate of drug-likeness (QED) is 0.202. The fourth-order valence-corrected chi connectivity index (χ4v) is 5.10. The maximum atomic E-state index is 13.7. The number of rotatable bonds is 16. The summed E-state index contributed by atoms with van der Waals surface area (Å²) in [5, 5.41) is 7.75. The van der Waals surface area contributed by atoms with Crippen molar-refractivity contribution in [1.82, 2.24) is 14.9 Å². The van der Waals surface area contributed by atoms with Crippen LogP contribution < -0.4 is 21.1 Å². The van der Waals surface area contributed by atoms with Gasteiger partial charge in [0.15, 0.2) is 0 Å². The van der Waals surface area contributed by atoms with E-state index >= 15 is 0 Å². The van der Waals surface area contributed by atoms with Crippen molar-refractivity contribution in [3.05, 3.63) is 64.1 Å². The maximum absolute atomic E-state index is 13.7. The van der Waals surface area contributed by atoms with Gasteiger partial charge in [0.05, 0.1) is 19.8 Å². The van der Waals surface area contributed by atoms with Crippen LogP contribution in [0.3, 0.4) is 0 Å². The smallest absolute Gasteiger partial charge is 0.275 e. The predicted octanol–water partition coefficient (Wildman–Crippen LogP) is 4.29. The molecule has 3 aromatic rings. The fraction of sp³-hybridized carbons (Fsp3) is 0.516. The molecule has 0 spiro atoms. The number of unbranched alkanes of at least 4 members (excludes halogenated alkanes) is 3. The second kappa shape index (κ2) is 15.5. The normalized spacial score (nSPS) is 14.4. The van der Waals surface area contributed by atoms with Crippen LogP contribution in [0.2, 0.25) is 0 Å². The van der Waals surface area contributed by atoms with E-state index in [4.69, 9.17) is 9.47 Å². The molecular weight excluding hydrogens is 506 g/mol. The number of benzene rings is 1. The lowest BCUT2D eigenvalue weighted by molar-refractivity contribution is -0.107. The number of nitrogens with zero attached hydrogens (tertiary/aromatic N) is 3. The van der Waals surface area contributed by atoms with E-state index < -0.39 is 0 Å². The van der Waals surface area contributed by atoms with Crippen molar-refractivity contribution in [1.29, 1.82) is 0 Å². The van der Waals surface area contributed by atoms with Crippen molar-refractivity contribution in [2.45, 2.75) is 58.2 Å². The van der Waals surface area contributed by atoms with E-state index in [0.29, 0.717) is 57.2 Å². The third-order valence-electron chi connectivity index (χ3n) is 7.33. The number of aromatic nitrogens is 2. The van der Waals surface area contributed by atoms with Crippen molar-refractivity contribution in [3.63, 3.8) is 0 Å². The second-order valence-electron chi connectivity index (χ2n) is 10.3. The van der Waals surface area contributed by atoms with Gasteiger partial charge in [0.25, 0.3) is 5.56 Å². The van der Waals surface area contributed by atoms with Gasteiger partial charge in [-0.05, 0) is 63.0 Å². The molecule has 1 aliphatic rings. The van der Waals surface area contributed by atoms with E-state index in [1.54, 1.807) is 6.20 Å². The molecule has 0 radical (unpaired) electrons. The Morgan fingerprint density at radius 1 is 1.12 bits per heavy atom. The number of anilines is 2. The van der Waals surface area contributed by atoms with Gasteiger partial charge in [-0.2, -0.15) is 0 Å². The summed E-state index contributed by atoms with van der Waals surface area (Å²) in [4.78, 5) is 31.2. The first-order valence-electron chi connectivity index (χ1n) is 14.5. The zero-order valence-corrected chi connectivity index (χ0v) is 23.9. The van der Waals surface area contributed by atoms with E-state index in [1.807, 2.05) is 23.7 Å². The van der Waals surface area contributed by atoms with Crippen molar-refractivity contribution in [2.24, 2.45) is 0 Å². The van der Waals surface area contributed by atoms with Crippen LogP contribution in [-0.4, -0.2) is 62.3 Å². The fourth-order valence-electron chi connectivity index (χ4n) is 5.10. The minimum Gasteiger partial charge on any atom is -0.378 e. The van der Waals surface area contributed by atoms with E-state index in [9.17, 15) is 9.59 Å². The number of morpholine rings is 1. The number of nitrogens with one attached hydrogen (secondary N) is 2. The van der Waals surface area contributed by atoms with Crippen molar-refractivity contribution in [3.8, 4) is 0 Å². The Kier molecular flexibility index (Phi) is 11.5. The van der Waals surface area contributed by atoms with Gasteiger partial charge in [0.1, 0.15) is 17.6 Å². The first-order valence-corrected chi connectivity index (χ1v) is 14.5. The summed E-state index contributed by atoms with van der Waals surface area (Å²) >= 11 is 0. The van der Waals surface area contributed by atoms with Crippen LogP contribution in [-0.2, 0) is 27.4 Å². The third-order valence-corrected chi connectivity index (χ3v) is 7.33. The third kappa shape index (κ3) is 7.90. The molecule has 1 aromatic carbocycles. The second-order valence-corrected chi connectivity index (χ2v) is 10.3. The molecule has 1 unspecified atom stereocenters. The zero-order chi connectivity index (χ0) is 28.2. The Bertz CT molecular complexity index is 1290. The molecule has 0 aliphatic carbocycles. The summed E-state index contributed by atoms with van der Waals surface area (Å²) in [5.74, 6) is 0. The van der Waals surface area contributed by atoms with Crippen LogP contribution >= 0.6 is 0 Å². The van der Waals surface area contributed by atoms with E-state index in [-0.39, 0.29) is 11.6 Å². The zero-order valence-electron chi connectivity index (χ0n) is 23.9. The molecule has 40 heavy (non-hydrogen) atoms. The average Bonchev–Trinajstić information content (AvgIpc) is 2.98. The number of pyridine rings is 2. The predicted molar refractivity (Wildman–Crippen MR) is 160 cm³/mol. The number of fused-ring (bicyclic) bond motifs is 1. The van der Waals surface area contributed by atoms with Gasteiger partial charge < -0.3 is 29.8 Å². The topological polar surface area (TPSA) is 97.7 Å². The standard InChI is InChI=1S/C31H43N5O4/c1-24(26-10-7-9-25(21-26)23-40-18-8-12-32-2)34-28-11-13-33-30-27(28)22-29(35-15-19-39-20-16-35)31(38)36(30)14-5-3-4-6-17-37/h7,9-11,13,17,21-22,24,32H,3-6,8,12,14-16,18-20,23H2,1-2H3,(H,33,34). The number of ether oxygens (including phenoxy) is 2. The number of carbonyl (C=O) groups excluding carboxylic acids is 1. The van der Waals surface area contributed by atoms with Crippen LogP contribution in [0.1, 0.15) is 56.2 Å². The Morgan fingerprint density at radius 2 is 1.98 bits per heavy atom. The molecule has 9 nitrogen and oxygen atoms in total. The molecule has 9 heteroatoms. The number of aryl methyl sites for hydroxylation is 1. The molecule has 216 valence electrons. The maximum Gasteiger partial charge on any atom is 0.275 e. The van der Waals surface area contributed by atoms with Gasteiger partial charge in [-0.15, -0.1) is 0 Å². The van der Waals surface area contributed by atoms with Gasteiger partial charge in [-0.3, -0.25) is 9.36 Å². The lowest BCUT2D eigenvalue weighted by atomic mass is 10.0. The van der Waals surface area contributed by atoms with Crippen LogP contribution in [0.25, 0.3) is 11.0 Å². The summed E-state index contributed by atoms with van der Waals surface area (Å²) in [6.45, 7) is 7.55. The molecule has 2 N–H and O–H groups in total. The molecule has 3 heterocycles. The molecule has 0 amide bonds. The van der Waals surface area contributed by atoms with Crippen molar-refractivity contribution < 1.29 is 14.3 Å². The SMILES string of the molecule is CNCCCOCc1cccc(C(C)Nc2ccnc3c2cc(N2CCOCC2)c(=O)n3CCCCCC=O)c1. The van der Waals surface area contributed by atoms with Crippen LogP contribution in [0.5, 0.6) is 0 Å². The Morgan fingerprint density at radius 3 is 2.77 bits per heavy atom. The molecule has 0 bridgehead atoms. The summed E-state index contributed by atoms with van der Waals surface area (Å²) in [5.41, 5.74) is 4.59.